The molecule has 0 spiro atoms. The minimum absolute atomic E-state index is 0.269. The van der Waals surface area contributed by atoms with Gasteiger partial charge in [-0.1, -0.05) is 0 Å². The van der Waals surface area contributed by atoms with Gasteiger partial charge in [-0.05, 0) is 12.1 Å². The molecule has 0 amide bonds. The summed E-state index contributed by atoms with van der Waals surface area (Å²) in [7, 11) is 6.50. The van der Waals surface area contributed by atoms with Crippen molar-refractivity contribution in [3.63, 3.8) is 0 Å². The fourth-order valence-electron chi connectivity index (χ4n) is 1.83. The van der Waals surface area contributed by atoms with Crippen molar-refractivity contribution in [3.05, 3.63) is 90.8 Å². The average molecular weight is 385 g/mol. The van der Waals surface area contributed by atoms with Crippen LogP contribution in [0.2, 0.25) is 0 Å². The van der Waals surface area contributed by atoms with E-state index in [4.69, 9.17) is 15.1 Å². The van der Waals surface area contributed by atoms with Crippen LogP contribution in [0.15, 0.2) is 85.2 Å². The molecule has 0 saturated carbocycles. The topological polar surface area (TPSA) is 50.2 Å². The number of halogens is 1. The van der Waals surface area contributed by atoms with Gasteiger partial charge in [-0.15, -0.1) is 0 Å². The molecule has 0 fully saturated rings. The zero-order valence-corrected chi connectivity index (χ0v) is 15.1. The van der Waals surface area contributed by atoms with Crippen LogP contribution in [0, 0.1) is 0 Å². The molecule has 1 N–H and O–H groups in total. The molecule has 3 aromatic rings. The first-order valence-electron chi connectivity index (χ1n) is 6.95. The Morgan fingerprint density at radius 2 is 1.26 bits per heavy atom. The summed E-state index contributed by atoms with van der Waals surface area (Å²) in [5, 5.41) is 8.36. The van der Waals surface area contributed by atoms with Gasteiger partial charge in [-0.3, -0.25) is 4.98 Å². The van der Waals surface area contributed by atoms with Gasteiger partial charge in [0.25, 0.3) is 0 Å². The molecule has 0 aliphatic rings. The zero-order valence-electron chi connectivity index (χ0n) is 12.3. The summed E-state index contributed by atoms with van der Waals surface area (Å²) < 4.78 is 2.61. The molecule has 0 saturated heterocycles. The van der Waals surface area contributed by atoms with Crippen LogP contribution in [0.5, 0.6) is 0 Å². The van der Waals surface area contributed by atoms with E-state index in [-0.39, 0.29) is 5.56 Å². The molecule has 5 heteroatoms. The number of nitrogens with zero attached hydrogens (tertiary/aromatic N) is 1. The summed E-state index contributed by atoms with van der Waals surface area (Å²) >= 11 is -1.73. The average Bonchev–Trinajstić information content (AvgIpc) is 2.64. The van der Waals surface area contributed by atoms with Gasteiger partial charge in [0.15, 0.2) is 0 Å². The van der Waals surface area contributed by atoms with Crippen LogP contribution in [-0.2, 0) is 0 Å². The number of pyridine rings is 1. The molecule has 0 atom stereocenters. The maximum absolute atomic E-state index is 10.2. The van der Waals surface area contributed by atoms with Gasteiger partial charge in [0.2, 0.25) is 0 Å². The Bertz CT molecular complexity index is 684. The van der Waals surface area contributed by atoms with Crippen molar-refractivity contribution in [3.8, 4) is 0 Å². The van der Waals surface area contributed by atoms with Gasteiger partial charge in [-0.2, -0.15) is 0 Å². The number of aromatic carboxylic acids is 1. The predicted molar refractivity (Wildman–Crippen MR) is 95.0 cm³/mol. The SMILES string of the molecule is O=C(O)c1ccncc1.[Cl][Ge]([c]1ccccc1)[c]1ccccc1. The van der Waals surface area contributed by atoms with E-state index >= 15 is 0 Å². The second kappa shape index (κ2) is 9.13. The Kier molecular flexibility index (Phi) is 6.84. The number of benzene rings is 2. The van der Waals surface area contributed by atoms with Gasteiger partial charge in [0, 0.05) is 12.4 Å². The van der Waals surface area contributed by atoms with E-state index in [1.165, 1.54) is 33.3 Å². The Labute approximate surface area is 143 Å². The van der Waals surface area contributed by atoms with E-state index in [9.17, 15) is 4.79 Å². The van der Waals surface area contributed by atoms with Crippen molar-refractivity contribution in [2.24, 2.45) is 0 Å². The fraction of sp³-hybridized carbons (Fsp3) is 0. The molecule has 3 rings (SSSR count). The van der Waals surface area contributed by atoms with Crippen LogP contribution in [0.4, 0.5) is 0 Å². The molecule has 0 unspecified atom stereocenters. The second-order valence-electron chi connectivity index (χ2n) is 4.59. The van der Waals surface area contributed by atoms with Gasteiger partial charge in [-0.25, -0.2) is 4.79 Å². The number of hydrogen-bond donors (Lipinski definition) is 1. The number of carboxylic acids is 1. The summed E-state index contributed by atoms with van der Waals surface area (Å²) in [6, 6.07) is 23.6. The van der Waals surface area contributed by atoms with Crippen LogP contribution in [0.25, 0.3) is 0 Å². The second-order valence-corrected chi connectivity index (χ2v) is 10.3. The van der Waals surface area contributed by atoms with Gasteiger partial charge in [0.05, 0.1) is 5.56 Å². The molecule has 0 bridgehead atoms. The third-order valence-electron chi connectivity index (χ3n) is 2.98. The van der Waals surface area contributed by atoms with Crippen LogP contribution in [0.3, 0.4) is 0 Å². The van der Waals surface area contributed by atoms with E-state index in [0.717, 1.165) is 0 Å². The van der Waals surface area contributed by atoms with Crippen LogP contribution in [-0.4, -0.2) is 29.5 Å². The summed E-state index contributed by atoms with van der Waals surface area (Å²) in [6.07, 6.45) is 2.90. The van der Waals surface area contributed by atoms with E-state index in [1.54, 1.807) is 0 Å². The number of hydrogen-bond acceptors (Lipinski definition) is 2. The Morgan fingerprint density at radius 1 is 0.826 bits per heavy atom. The summed E-state index contributed by atoms with van der Waals surface area (Å²) in [6.45, 7) is 0. The third kappa shape index (κ3) is 5.54. The van der Waals surface area contributed by atoms with E-state index in [2.05, 4.69) is 29.2 Å². The Hall–Kier alpha value is -2.11. The quantitative estimate of drug-likeness (QED) is 0.706. The standard InChI is InChI=1S/C12H10ClGe.C6H5NO2/c13-14(11-7-3-1-4-8-11)12-9-5-2-6-10-12;8-6(9)5-1-3-7-4-2-5/h1-10H;1-4H,(H,8,9). The summed E-state index contributed by atoms with van der Waals surface area (Å²) in [4.78, 5) is 13.8. The number of carboxylic acid groups (broad SMARTS) is 1. The van der Waals surface area contributed by atoms with Crippen molar-refractivity contribution in [2.75, 3.05) is 0 Å². The molecule has 1 heterocycles. The number of aromatic nitrogens is 1. The molecule has 0 aliphatic carbocycles. The van der Waals surface area contributed by atoms with Gasteiger partial charge in [0.1, 0.15) is 0 Å². The van der Waals surface area contributed by atoms with Crippen molar-refractivity contribution in [1.82, 2.24) is 4.98 Å². The van der Waals surface area contributed by atoms with E-state index < -0.39 is 19.4 Å². The number of carbonyl (C=O) groups is 1. The molecule has 23 heavy (non-hydrogen) atoms. The fourth-order valence-corrected chi connectivity index (χ4v) is 5.87. The van der Waals surface area contributed by atoms with Gasteiger partial charge >= 0.3 is 98.9 Å². The summed E-state index contributed by atoms with van der Waals surface area (Å²) in [5.41, 5.74) is 0.269. The molecule has 1 aromatic heterocycles. The van der Waals surface area contributed by atoms with Crippen LogP contribution in [0.1, 0.15) is 10.4 Å². The first-order chi connectivity index (χ1) is 11.2. The third-order valence-corrected chi connectivity index (χ3v) is 8.78. The van der Waals surface area contributed by atoms with Crippen LogP contribution >= 0.6 is 10.0 Å². The monoisotopic (exact) mass is 386 g/mol. The maximum atomic E-state index is 10.2. The van der Waals surface area contributed by atoms with Crippen molar-refractivity contribution in [1.29, 1.82) is 0 Å². The normalized spacial score (nSPS) is 9.83. The first kappa shape index (κ1) is 17.2. The van der Waals surface area contributed by atoms with Crippen molar-refractivity contribution >= 4 is 38.2 Å². The summed E-state index contributed by atoms with van der Waals surface area (Å²) in [5.74, 6) is -0.919. The molecular formula is C18H15ClGeNO2. The Balaban J connectivity index is 0.000000185. The van der Waals surface area contributed by atoms with Gasteiger partial charge < -0.3 is 5.11 Å². The van der Waals surface area contributed by atoms with Crippen molar-refractivity contribution < 1.29 is 9.90 Å². The zero-order chi connectivity index (χ0) is 16.5. The van der Waals surface area contributed by atoms with E-state index in [0.29, 0.717) is 0 Å². The van der Waals surface area contributed by atoms with E-state index in [1.807, 2.05) is 36.4 Å². The molecule has 0 aliphatic heterocycles. The van der Waals surface area contributed by atoms with Crippen molar-refractivity contribution in [2.45, 2.75) is 0 Å². The molecule has 3 nitrogen and oxygen atoms in total. The number of rotatable bonds is 3. The molecule has 1 radical (unpaired) electrons. The minimum atomic E-state index is -1.73. The Morgan fingerprint density at radius 3 is 1.61 bits per heavy atom. The molecular weight excluding hydrogens is 370 g/mol. The predicted octanol–water partition coefficient (Wildman–Crippen LogP) is 2.81. The molecule has 2 aromatic carbocycles. The molecule has 115 valence electrons. The first-order valence-corrected chi connectivity index (χ1v) is 11.8. The van der Waals surface area contributed by atoms with Crippen LogP contribution < -0.4 is 8.79 Å².